The monoisotopic (exact) mass is 297 g/mol. The molecule has 0 aliphatic heterocycles. The van der Waals surface area contributed by atoms with Gasteiger partial charge in [-0.15, -0.1) is 0 Å². The molecule has 0 aliphatic carbocycles. The van der Waals surface area contributed by atoms with Gasteiger partial charge in [0, 0.05) is 5.56 Å². The van der Waals surface area contributed by atoms with Crippen molar-refractivity contribution in [3.05, 3.63) is 22.6 Å². The highest BCUT2D eigenvalue weighted by Gasteiger charge is 2.27. The minimum atomic E-state index is -0.622. The Balaban J connectivity index is 3.09. The minimum Gasteiger partial charge on any atom is -0.468 e. The van der Waals surface area contributed by atoms with E-state index in [2.05, 4.69) is 9.47 Å². The zero-order valence-electron chi connectivity index (χ0n) is 12.8. The zero-order valence-corrected chi connectivity index (χ0v) is 12.8. The molecule has 0 fully saturated rings. The van der Waals surface area contributed by atoms with Gasteiger partial charge in [-0.3, -0.25) is 14.4 Å². The number of methoxy groups -OCH3 is 2. The maximum absolute atomic E-state index is 12.6. The fourth-order valence-corrected chi connectivity index (χ4v) is 1.91. The Morgan fingerprint density at radius 3 is 1.76 bits per heavy atom. The van der Waals surface area contributed by atoms with E-state index in [1.165, 1.54) is 14.2 Å². The van der Waals surface area contributed by atoms with Gasteiger partial charge in [0.05, 0.1) is 19.8 Å². The number of amides is 1. The number of esters is 2. The van der Waals surface area contributed by atoms with Gasteiger partial charge in [-0.05, 0) is 20.8 Å². The zero-order chi connectivity index (χ0) is 16.2. The molecule has 1 aromatic heterocycles. The fraction of sp³-hybridized carbons (Fsp3) is 0.500. The minimum absolute atomic E-state index is 0.340. The standard InChI is InChI=1S/C14H19NO6/c1-8-9(2)21-10(3)13(8)14(18)15(6-11(16)19-4)7-12(17)20-5/h6-7H2,1-5H3. The third-order valence-corrected chi connectivity index (χ3v) is 3.16. The van der Waals surface area contributed by atoms with Gasteiger partial charge in [-0.1, -0.05) is 0 Å². The van der Waals surface area contributed by atoms with Gasteiger partial charge in [-0.2, -0.15) is 0 Å². The molecule has 0 atom stereocenters. The summed E-state index contributed by atoms with van der Waals surface area (Å²) < 4.78 is 14.5. The third-order valence-electron chi connectivity index (χ3n) is 3.16. The van der Waals surface area contributed by atoms with Crippen LogP contribution in [0.3, 0.4) is 0 Å². The van der Waals surface area contributed by atoms with Gasteiger partial charge in [0.15, 0.2) is 0 Å². The summed E-state index contributed by atoms with van der Waals surface area (Å²) in [6.07, 6.45) is 0. The van der Waals surface area contributed by atoms with Crippen LogP contribution >= 0.6 is 0 Å². The van der Waals surface area contributed by atoms with Crippen molar-refractivity contribution < 1.29 is 28.3 Å². The second-order valence-electron chi connectivity index (χ2n) is 4.53. The van der Waals surface area contributed by atoms with E-state index >= 15 is 0 Å². The Labute approximate surface area is 122 Å². The van der Waals surface area contributed by atoms with Crippen molar-refractivity contribution >= 4 is 17.8 Å². The fourth-order valence-electron chi connectivity index (χ4n) is 1.91. The summed E-state index contributed by atoms with van der Waals surface area (Å²) >= 11 is 0. The van der Waals surface area contributed by atoms with Crippen molar-refractivity contribution in [2.75, 3.05) is 27.3 Å². The lowest BCUT2D eigenvalue weighted by Crippen LogP contribution is -2.40. The van der Waals surface area contributed by atoms with Gasteiger partial charge in [-0.25, -0.2) is 0 Å². The van der Waals surface area contributed by atoms with Crippen LogP contribution in [0.5, 0.6) is 0 Å². The van der Waals surface area contributed by atoms with Crippen LogP contribution in [0.15, 0.2) is 4.42 Å². The highest BCUT2D eigenvalue weighted by molar-refractivity contribution is 5.99. The molecule has 7 nitrogen and oxygen atoms in total. The summed E-state index contributed by atoms with van der Waals surface area (Å²) in [5.74, 6) is -0.662. The van der Waals surface area contributed by atoms with Gasteiger partial charge >= 0.3 is 11.9 Å². The van der Waals surface area contributed by atoms with E-state index in [-0.39, 0.29) is 13.1 Å². The maximum Gasteiger partial charge on any atom is 0.325 e. The Bertz CT molecular complexity index is 542. The summed E-state index contributed by atoms with van der Waals surface area (Å²) in [4.78, 5) is 36.4. The van der Waals surface area contributed by atoms with Crippen LogP contribution in [-0.4, -0.2) is 50.1 Å². The van der Waals surface area contributed by atoms with E-state index in [9.17, 15) is 14.4 Å². The van der Waals surface area contributed by atoms with E-state index in [1.54, 1.807) is 20.8 Å². The van der Waals surface area contributed by atoms with Gasteiger partial charge < -0.3 is 18.8 Å². The van der Waals surface area contributed by atoms with Crippen LogP contribution < -0.4 is 0 Å². The van der Waals surface area contributed by atoms with Crippen LogP contribution in [0.4, 0.5) is 0 Å². The molecule has 1 aromatic rings. The van der Waals surface area contributed by atoms with E-state index in [0.717, 1.165) is 4.90 Å². The van der Waals surface area contributed by atoms with Crippen molar-refractivity contribution in [3.63, 3.8) is 0 Å². The molecule has 0 saturated carbocycles. The van der Waals surface area contributed by atoms with Crippen molar-refractivity contribution in [2.45, 2.75) is 20.8 Å². The third kappa shape index (κ3) is 3.84. The molecule has 1 amide bonds. The normalized spacial score (nSPS) is 10.1. The lowest BCUT2D eigenvalue weighted by molar-refractivity contribution is -0.144. The van der Waals surface area contributed by atoms with Crippen molar-refractivity contribution in [1.29, 1.82) is 0 Å². The number of hydrogen-bond donors (Lipinski definition) is 0. The maximum atomic E-state index is 12.6. The molecule has 0 aromatic carbocycles. The molecule has 0 bridgehead atoms. The average molecular weight is 297 g/mol. The molecule has 0 saturated heterocycles. The first-order valence-corrected chi connectivity index (χ1v) is 6.31. The SMILES string of the molecule is COC(=O)CN(CC(=O)OC)C(=O)c1c(C)oc(C)c1C. The quantitative estimate of drug-likeness (QED) is 0.753. The molecular formula is C14H19NO6. The predicted molar refractivity (Wildman–Crippen MR) is 72.9 cm³/mol. The van der Waals surface area contributed by atoms with Crippen LogP contribution in [-0.2, 0) is 19.1 Å². The molecule has 21 heavy (non-hydrogen) atoms. The van der Waals surface area contributed by atoms with E-state index < -0.39 is 17.8 Å². The molecule has 0 radical (unpaired) electrons. The lowest BCUT2D eigenvalue weighted by atomic mass is 10.1. The molecule has 116 valence electrons. The van der Waals surface area contributed by atoms with Crippen LogP contribution in [0.25, 0.3) is 0 Å². The largest absolute Gasteiger partial charge is 0.468 e. The number of aryl methyl sites for hydroxylation is 2. The molecule has 0 unspecified atom stereocenters. The summed E-state index contributed by atoms with van der Waals surface area (Å²) in [6, 6.07) is 0. The van der Waals surface area contributed by atoms with Crippen LogP contribution in [0.1, 0.15) is 27.4 Å². The number of nitrogens with zero attached hydrogens (tertiary/aromatic N) is 1. The van der Waals surface area contributed by atoms with Crippen LogP contribution in [0.2, 0.25) is 0 Å². The Hall–Kier alpha value is -2.31. The van der Waals surface area contributed by atoms with Gasteiger partial charge in [0.1, 0.15) is 24.6 Å². The second-order valence-corrected chi connectivity index (χ2v) is 4.53. The average Bonchev–Trinajstić information content (AvgIpc) is 2.70. The first-order chi connectivity index (χ1) is 9.81. The van der Waals surface area contributed by atoms with E-state index in [1.807, 2.05) is 0 Å². The van der Waals surface area contributed by atoms with Crippen LogP contribution in [0, 0.1) is 20.8 Å². The number of carbonyl (C=O) groups excluding carboxylic acids is 3. The molecule has 0 spiro atoms. The highest BCUT2D eigenvalue weighted by Crippen LogP contribution is 2.22. The molecule has 1 rings (SSSR count). The molecule has 7 heteroatoms. The summed E-state index contributed by atoms with van der Waals surface area (Å²) in [5, 5.41) is 0. The Morgan fingerprint density at radius 2 is 1.43 bits per heavy atom. The van der Waals surface area contributed by atoms with Crippen molar-refractivity contribution in [2.24, 2.45) is 0 Å². The van der Waals surface area contributed by atoms with E-state index in [4.69, 9.17) is 4.42 Å². The Morgan fingerprint density at radius 1 is 0.952 bits per heavy atom. The van der Waals surface area contributed by atoms with Gasteiger partial charge in [0.2, 0.25) is 0 Å². The molecule has 0 N–H and O–H groups in total. The number of furan rings is 1. The first kappa shape index (κ1) is 16.7. The number of rotatable bonds is 5. The first-order valence-electron chi connectivity index (χ1n) is 6.31. The summed E-state index contributed by atoms with van der Waals surface area (Å²) in [5.41, 5.74) is 1.03. The van der Waals surface area contributed by atoms with Crippen molar-refractivity contribution in [1.82, 2.24) is 4.90 Å². The topological polar surface area (TPSA) is 86.0 Å². The Kier molecular flexibility index (Phi) is 5.52. The second kappa shape index (κ2) is 6.92. The predicted octanol–water partition coefficient (Wildman–Crippen LogP) is 0.993. The smallest absolute Gasteiger partial charge is 0.325 e. The lowest BCUT2D eigenvalue weighted by Gasteiger charge is -2.20. The van der Waals surface area contributed by atoms with Gasteiger partial charge in [0.25, 0.3) is 5.91 Å². The molecule has 1 heterocycles. The number of ether oxygens (including phenoxy) is 2. The summed E-state index contributed by atoms with van der Waals surface area (Å²) in [7, 11) is 2.42. The summed E-state index contributed by atoms with van der Waals surface area (Å²) in [6.45, 7) is 4.46. The number of hydrogen-bond acceptors (Lipinski definition) is 6. The number of carbonyl (C=O) groups is 3. The van der Waals surface area contributed by atoms with E-state index in [0.29, 0.717) is 22.6 Å². The highest BCUT2D eigenvalue weighted by atomic mass is 16.5. The molecular weight excluding hydrogens is 278 g/mol. The molecule has 0 aliphatic rings. The van der Waals surface area contributed by atoms with Crippen molar-refractivity contribution in [3.8, 4) is 0 Å².